The summed E-state index contributed by atoms with van der Waals surface area (Å²) in [5.41, 5.74) is 2.00. The van der Waals surface area contributed by atoms with Crippen molar-refractivity contribution in [3.05, 3.63) is 12.3 Å². The van der Waals surface area contributed by atoms with E-state index in [0.717, 1.165) is 57.7 Å². The van der Waals surface area contributed by atoms with E-state index in [1.165, 1.54) is 18.9 Å². The second kappa shape index (κ2) is 8.70. The molecule has 0 aromatic heterocycles. The van der Waals surface area contributed by atoms with Crippen molar-refractivity contribution in [2.45, 2.75) is 67.9 Å². The maximum Gasteiger partial charge on any atom is 0.188 e. The number of hydrogen-bond donors (Lipinski definition) is 0. The monoisotopic (exact) mass is 533 g/mol. The van der Waals surface area contributed by atoms with Crippen molar-refractivity contribution in [2.75, 3.05) is 13.2 Å². The van der Waals surface area contributed by atoms with Gasteiger partial charge in [0.15, 0.2) is 5.78 Å². The molecule has 0 radical (unpaired) electrons. The van der Waals surface area contributed by atoms with E-state index in [0.29, 0.717) is 5.78 Å². The molecule has 2 aliphatic heterocycles. The fourth-order valence-corrected chi connectivity index (χ4v) is 8.85. The van der Waals surface area contributed by atoms with Gasteiger partial charge >= 0.3 is 0 Å². The first-order valence-corrected chi connectivity index (χ1v) is 12.4. The van der Waals surface area contributed by atoms with Crippen LogP contribution in [-0.4, -0.2) is 48.5 Å². The molecule has 0 N–H and O–H groups in total. The van der Waals surface area contributed by atoms with E-state index in [-0.39, 0.29) is 21.1 Å². The summed E-state index contributed by atoms with van der Waals surface area (Å²) in [6, 6.07) is 1.29. The molecule has 3 rings (SSSR count). The number of carbonyl (C=O) groups excluding carboxylic acids is 1. The predicted molar refractivity (Wildman–Crippen MR) is 94.9 cm³/mol. The van der Waals surface area contributed by atoms with Gasteiger partial charge in [0.2, 0.25) is 0 Å². The normalized spacial score (nSPS) is 35.5. The molecule has 2 heterocycles. The Morgan fingerprint density at radius 2 is 1.70 bits per heavy atom. The van der Waals surface area contributed by atoms with Crippen molar-refractivity contribution < 1.29 is 35.3 Å². The van der Waals surface area contributed by atoms with Crippen LogP contribution < -0.4 is 0 Å². The van der Waals surface area contributed by atoms with E-state index >= 15 is 0 Å². The second-order valence-electron chi connectivity index (χ2n) is 7.40. The van der Waals surface area contributed by atoms with Crippen LogP contribution in [0.5, 0.6) is 0 Å². The second-order valence-corrected chi connectivity index (χ2v) is 11.8. The molecule has 2 atom stereocenters. The van der Waals surface area contributed by atoms with Crippen LogP contribution in [-0.2, 0) is 35.3 Å². The average Bonchev–Trinajstić information content (AvgIpc) is 3.39. The van der Waals surface area contributed by atoms with Gasteiger partial charge in [0.05, 0.1) is 19.0 Å². The van der Waals surface area contributed by atoms with E-state index in [9.17, 15) is 4.79 Å². The Labute approximate surface area is 159 Å². The van der Waals surface area contributed by atoms with Crippen molar-refractivity contribution in [1.82, 2.24) is 0 Å². The minimum atomic E-state index is -0.747. The van der Waals surface area contributed by atoms with E-state index in [1.807, 2.05) is 5.70 Å². The molecule has 0 aromatic rings. The molecule has 2 saturated heterocycles. The number of hydrogen-bond acceptors (Lipinski definition) is 3. The first kappa shape index (κ1) is 19.8. The van der Waals surface area contributed by atoms with E-state index in [4.69, 9.17) is 9.47 Å². The standard InChI is InChI=1S/C17H30O3Si2.Pt/c1-2-21-16(9-3-5-11-19-16)15(18)17(10-4-6-12-20-17)22-13-14-7-8-14;/h2,14H,1,3-13,21-22H2;. The van der Waals surface area contributed by atoms with Gasteiger partial charge in [-0.2, -0.15) is 0 Å². The van der Waals surface area contributed by atoms with Crippen molar-refractivity contribution >= 4 is 24.8 Å². The number of rotatable bonds is 7. The molecule has 0 bridgehead atoms. The quantitative estimate of drug-likeness (QED) is 0.467. The number of Topliss-reactive ketones (excluding diaryl/α,β-unsaturated/α-hetero) is 1. The van der Waals surface area contributed by atoms with E-state index in [1.54, 1.807) is 0 Å². The molecule has 2 unspecified atom stereocenters. The van der Waals surface area contributed by atoms with Crippen LogP contribution in [0.4, 0.5) is 0 Å². The molecule has 3 nitrogen and oxygen atoms in total. The van der Waals surface area contributed by atoms with Crippen LogP contribution in [0.1, 0.15) is 51.4 Å². The molecule has 23 heavy (non-hydrogen) atoms. The van der Waals surface area contributed by atoms with Crippen LogP contribution in [0.3, 0.4) is 0 Å². The average molecular weight is 534 g/mol. The zero-order chi connectivity index (χ0) is 15.5. The van der Waals surface area contributed by atoms with Crippen molar-refractivity contribution in [3.8, 4) is 0 Å². The van der Waals surface area contributed by atoms with Gasteiger partial charge in [0, 0.05) is 34.3 Å². The van der Waals surface area contributed by atoms with Gasteiger partial charge in [-0.3, -0.25) is 4.79 Å². The summed E-state index contributed by atoms with van der Waals surface area (Å²) < 4.78 is 12.4. The van der Waals surface area contributed by atoms with Crippen molar-refractivity contribution in [2.24, 2.45) is 5.92 Å². The molecular formula is C17H30O3PtSi2. The summed E-state index contributed by atoms with van der Waals surface area (Å²) in [5, 5.41) is -0.901. The van der Waals surface area contributed by atoms with Crippen LogP contribution in [0.25, 0.3) is 0 Å². The number of carbonyl (C=O) groups is 1. The third-order valence-corrected chi connectivity index (χ3v) is 10.3. The zero-order valence-corrected chi connectivity index (χ0v) is 19.2. The third kappa shape index (κ3) is 4.55. The minimum Gasteiger partial charge on any atom is -0.371 e. The van der Waals surface area contributed by atoms with Gasteiger partial charge in [0.1, 0.15) is 10.4 Å². The molecule has 6 heteroatoms. The molecule has 1 aliphatic carbocycles. The number of ketones is 1. The van der Waals surface area contributed by atoms with Crippen LogP contribution in [0.15, 0.2) is 12.3 Å². The summed E-state index contributed by atoms with van der Waals surface area (Å²) in [6.45, 7) is 5.45. The first-order chi connectivity index (χ1) is 10.7. The zero-order valence-electron chi connectivity index (χ0n) is 14.1. The molecule has 0 spiro atoms. The minimum absolute atomic E-state index is 0. The fourth-order valence-electron chi connectivity index (χ4n) is 4.12. The summed E-state index contributed by atoms with van der Waals surface area (Å²) in [6.07, 6.45) is 9.09. The summed E-state index contributed by atoms with van der Waals surface area (Å²) >= 11 is 0. The topological polar surface area (TPSA) is 35.5 Å². The Hall–Kier alpha value is 0.452. The van der Waals surface area contributed by atoms with Crippen molar-refractivity contribution in [3.63, 3.8) is 0 Å². The number of ether oxygens (including phenoxy) is 2. The molecule has 1 saturated carbocycles. The molecule has 0 aromatic carbocycles. The van der Waals surface area contributed by atoms with Gasteiger partial charge < -0.3 is 9.47 Å². The third-order valence-electron chi connectivity index (χ3n) is 5.66. The first-order valence-electron chi connectivity index (χ1n) is 9.15. The summed E-state index contributed by atoms with van der Waals surface area (Å²) in [7, 11) is -1.28. The summed E-state index contributed by atoms with van der Waals surface area (Å²) in [4.78, 5) is 13.6. The largest absolute Gasteiger partial charge is 0.371 e. The van der Waals surface area contributed by atoms with E-state index < -0.39 is 29.5 Å². The van der Waals surface area contributed by atoms with Gasteiger partial charge in [-0.15, -0.1) is 12.3 Å². The van der Waals surface area contributed by atoms with Gasteiger partial charge in [-0.05, 0) is 44.4 Å². The van der Waals surface area contributed by atoms with Crippen LogP contribution >= 0.6 is 0 Å². The SMILES string of the molecule is C=C[SiH2]C1(C(=O)C2([SiH2]CC3CC3)CCCCO2)CCCCO1.[Pt]. The van der Waals surface area contributed by atoms with Gasteiger partial charge in [-0.1, -0.05) is 18.9 Å². The maximum absolute atomic E-state index is 13.6. The van der Waals surface area contributed by atoms with E-state index in [2.05, 4.69) is 6.58 Å². The molecular weight excluding hydrogens is 503 g/mol. The van der Waals surface area contributed by atoms with Gasteiger partial charge in [0.25, 0.3) is 0 Å². The Morgan fingerprint density at radius 1 is 1.09 bits per heavy atom. The Balaban J connectivity index is 0.00000192. The molecule has 3 aliphatic rings. The Bertz CT molecular complexity index is 414. The maximum atomic E-state index is 13.6. The molecule has 0 amide bonds. The predicted octanol–water partition coefficient (Wildman–Crippen LogP) is 1.66. The molecule has 134 valence electrons. The Morgan fingerprint density at radius 3 is 2.17 bits per heavy atom. The van der Waals surface area contributed by atoms with Crippen LogP contribution in [0.2, 0.25) is 6.04 Å². The molecule has 3 fully saturated rings. The summed E-state index contributed by atoms with van der Waals surface area (Å²) in [5.74, 6) is 1.25. The van der Waals surface area contributed by atoms with Crippen molar-refractivity contribution in [1.29, 1.82) is 0 Å². The Kier molecular flexibility index (Phi) is 7.48. The fraction of sp³-hybridized carbons (Fsp3) is 0.824. The van der Waals surface area contributed by atoms with Crippen LogP contribution in [0, 0.1) is 5.92 Å². The smallest absolute Gasteiger partial charge is 0.188 e. The van der Waals surface area contributed by atoms with Gasteiger partial charge in [-0.25, -0.2) is 0 Å².